The van der Waals surface area contributed by atoms with Crippen molar-refractivity contribution in [2.75, 3.05) is 13.1 Å². The molecule has 1 heterocycles. The molecule has 84 valence electrons. The third-order valence-corrected chi connectivity index (χ3v) is 2.39. The molecule has 0 spiro atoms. The Morgan fingerprint density at radius 2 is 2.40 bits per heavy atom. The zero-order chi connectivity index (χ0) is 11.3. The summed E-state index contributed by atoms with van der Waals surface area (Å²) in [5, 5.41) is 8.81. The van der Waals surface area contributed by atoms with Crippen molar-refractivity contribution in [1.29, 1.82) is 0 Å². The van der Waals surface area contributed by atoms with Gasteiger partial charge in [-0.25, -0.2) is 0 Å². The van der Waals surface area contributed by atoms with E-state index < -0.39 is 5.97 Å². The lowest BCUT2D eigenvalue weighted by Crippen LogP contribution is -2.31. The standard InChI is InChI=1S/C11H17NO3/c1-3-12(6-9(2)11(13)14)7-10-4-5-15-8-10/h4-5,8-9H,3,6-7H2,1-2H3,(H,13,14). The van der Waals surface area contributed by atoms with Crippen molar-refractivity contribution in [3.8, 4) is 0 Å². The zero-order valence-corrected chi connectivity index (χ0v) is 9.14. The molecule has 0 saturated carbocycles. The first kappa shape index (κ1) is 11.8. The second-order valence-electron chi connectivity index (χ2n) is 3.70. The Labute approximate surface area is 89.5 Å². The second kappa shape index (κ2) is 5.56. The van der Waals surface area contributed by atoms with Crippen LogP contribution < -0.4 is 0 Å². The summed E-state index contributed by atoms with van der Waals surface area (Å²) < 4.78 is 4.97. The van der Waals surface area contributed by atoms with E-state index in [-0.39, 0.29) is 5.92 Å². The summed E-state index contributed by atoms with van der Waals surface area (Å²) in [6, 6.07) is 1.90. The maximum Gasteiger partial charge on any atom is 0.307 e. The minimum Gasteiger partial charge on any atom is -0.481 e. The summed E-state index contributed by atoms with van der Waals surface area (Å²) in [4.78, 5) is 12.8. The Morgan fingerprint density at radius 1 is 1.67 bits per heavy atom. The highest BCUT2D eigenvalue weighted by Gasteiger charge is 2.15. The predicted octanol–water partition coefficient (Wildman–Crippen LogP) is 1.82. The van der Waals surface area contributed by atoms with Crippen LogP contribution in [0.5, 0.6) is 0 Å². The van der Waals surface area contributed by atoms with Crippen molar-refractivity contribution in [2.24, 2.45) is 5.92 Å². The molecule has 0 aliphatic rings. The molecule has 1 unspecified atom stereocenters. The second-order valence-corrected chi connectivity index (χ2v) is 3.70. The highest BCUT2D eigenvalue weighted by atomic mass is 16.4. The molecule has 0 saturated heterocycles. The molecule has 0 aliphatic carbocycles. The topological polar surface area (TPSA) is 53.7 Å². The molecule has 1 atom stereocenters. The number of hydrogen-bond acceptors (Lipinski definition) is 3. The number of carboxylic acid groups (broad SMARTS) is 1. The maximum atomic E-state index is 10.7. The first-order chi connectivity index (χ1) is 7.13. The van der Waals surface area contributed by atoms with Crippen molar-refractivity contribution in [1.82, 2.24) is 4.90 Å². The Kier molecular flexibility index (Phi) is 4.37. The van der Waals surface area contributed by atoms with Gasteiger partial charge >= 0.3 is 5.97 Å². The summed E-state index contributed by atoms with van der Waals surface area (Å²) in [5.41, 5.74) is 1.08. The highest BCUT2D eigenvalue weighted by Crippen LogP contribution is 2.07. The molecule has 0 aliphatic heterocycles. The minimum absolute atomic E-state index is 0.336. The van der Waals surface area contributed by atoms with Crippen LogP contribution in [0.2, 0.25) is 0 Å². The Hall–Kier alpha value is -1.29. The molecule has 1 aromatic rings. The number of nitrogens with zero attached hydrogens (tertiary/aromatic N) is 1. The first-order valence-corrected chi connectivity index (χ1v) is 5.09. The van der Waals surface area contributed by atoms with E-state index in [0.29, 0.717) is 6.54 Å². The average molecular weight is 211 g/mol. The van der Waals surface area contributed by atoms with Crippen molar-refractivity contribution < 1.29 is 14.3 Å². The van der Waals surface area contributed by atoms with Gasteiger partial charge in [-0.1, -0.05) is 13.8 Å². The van der Waals surface area contributed by atoms with Gasteiger partial charge in [-0.2, -0.15) is 0 Å². The molecule has 0 radical (unpaired) electrons. The van der Waals surface area contributed by atoms with Gasteiger partial charge in [0.2, 0.25) is 0 Å². The van der Waals surface area contributed by atoms with Gasteiger partial charge in [0.15, 0.2) is 0 Å². The van der Waals surface area contributed by atoms with Crippen molar-refractivity contribution in [2.45, 2.75) is 20.4 Å². The van der Waals surface area contributed by atoms with E-state index in [0.717, 1.165) is 18.7 Å². The van der Waals surface area contributed by atoms with E-state index in [1.807, 2.05) is 13.0 Å². The molecule has 0 fully saturated rings. The van der Waals surface area contributed by atoms with E-state index in [4.69, 9.17) is 9.52 Å². The fourth-order valence-corrected chi connectivity index (χ4v) is 1.41. The van der Waals surface area contributed by atoms with Crippen LogP contribution in [0.25, 0.3) is 0 Å². The van der Waals surface area contributed by atoms with Crippen LogP contribution in [-0.4, -0.2) is 29.1 Å². The normalized spacial score (nSPS) is 13.0. The third kappa shape index (κ3) is 3.75. The first-order valence-electron chi connectivity index (χ1n) is 5.09. The van der Waals surface area contributed by atoms with Crippen LogP contribution in [0.3, 0.4) is 0 Å². The molecule has 15 heavy (non-hydrogen) atoms. The fourth-order valence-electron chi connectivity index (χ4n) is 1.41. The van der Waals surface area contributed by atoms with Crippen molar-refractivity contribution >= 4 is 5.97 Å². The molecule has 0 aromatic carbocycles. The summed E-state index contributed by atoms with van der Waals surface area (Å²) in [5.74, 6) is -1.09. The lowest BCUT2D eigenvalue weighted by Gasteiger charge is -2.21. The maximum absolute atomic E-state index is 10.7. The van der Waals surface area contributed by atoms with Gasteiger partial charge in [0, 0.05) is 18.7 Å². The number of carbonyl (C=O) groups is 1. The van der Waals surface area contributed by atoms with Gasteiger partial charge in [-0.3, -0.25) is 9.69 Å². The molecule has 1 aromatic heterocycles. The Bertz CT molecular complexity index is 295. The van der Waals surface area contributed by atoms with Crippen LogP contribution in [0.4, 0.5) is 0 Å². The molecule has 1 N–H and O–H groups in total. The number of aliphatic carboxylic acids is 1. The average Bonchev–Trinajstić information content (AvgIpc) is 2.69. The lowest BCUT2D eigenvalue weighted by atomic mass is 10.1. The van der Waals surface area contributed by atoms with E-state index in [1.165, 1.54) is 0 Å². The van der Waals surface area contributed by atoms with Gasteiger partial charge in [-0.05, 0) is 12.6 Å². The SMILES string of the molecule is CCN(Cc1ccoc1)CC(C)C(=O)O. The van der Waals surface area contributed by atoms with Crippen molar-refractivity contribution in [3.05, 3.63) is 24.2 Å². The number of furan rings is 1. The van der Waals surface area contributed by atoms with E-state index in [1.54, 1.807) is 19.5 Å². The monoisotopic (exact) mass is 211 g/mol. The van der Waals surface area contributed by atoms with E-state index >= 15 is 0 Å². The highest BCUT2D eigenvalue weighted by molar-refractivity contribution is 5.69. The van der Waals surface area contributed by atoms with Gasteiger partial charge in [-0.15, -0.1) is 0 Å². The van der Waals surface area contributed by atoms with E-state index in [2.05, 4.69) is 4.90 Å². The molecule has 4 heteroatoms. The largest absolute Gasteiger partial charge is 0.481 e. The van der Waals surface area contributed by atoms with Gasteiger partial charge in [0.1, 0.15) is 0 Å². The Morgan fingerprint density at radius 3 is 2.87 bits per heavy atom. The predicted molar refractivity (Wildman–Crippen MR) is 56.5 cm³/mol. The molecule has 4 nitrogen and oxygen atoms in total. The van der Waals surface area contributed by atoms with Crippen molar-refractivity contribution in [3.63, 3.8) is 0 Å². The number of rotatable bonds is 6. The third-order valence-electron chi connectivity index (χ3n) is 2.39. The molecule has 1 rings (SSSR count). The molecular formula is C11H17NO3. The number of carboxylic acids is 1. The fraction of sp³-hybridized carbons (Fsp3) is 0.545. The van der Waals surface area contributed by atoms with E-state index in [9.17, 15) is 4.79 Å². The molecule has 0 bridgehead atoms. The van der Waals surface area contributed by atoms with Crippen LogP contribution in [0.1, 0.15) is 19.4 Å². The smallest absolute Gasteiger partial charge is 0.307 e. The number of hydrogen-bond donors (Lipinski definition) is 1. The summed E-state index contributed by atoms with van der Waals surface area (Å²) in [7, 11) is 0. The van der Waals surface area contributed by atoms with Crippen LogP contribution >= 0.6 is 0 Å². The summed E-state index contributed by atoms with van der Waals surface area (Å²) >= 11 is 0. The zero-order valence-electron chi connectivity index (χ0n) is 9.14. The molecular weight excluding hydrogens is 194 g/mol. The summed E-state index contributed by atoms with van der Waals surface area (Å²) in [6.45, 7) is 5.89. The van der Waals surface area contributed by atoms with Crippen LogP contribution in [0.15, 0.2) is 23.0 Å². The van der Waals surface area contributed by atoms with Gasteiger partial charge < -0.3 is 9.52 Å². The van der Waals surface area contributed by atoms with Gasteiger partial charge in [0.05, 0.1) is 18.4 Å². The van der Waals surface area contributed by atoms with Crippen LogP contribution in [-0.2, 0) is 11.3 Å². The Balaban J connectivity index is 2.46. The van der Waals surface area contributed by atoms with Crippen LogP contribution in [0, 0.1) is 5.92 Å². The minimum atomic E-state index is -0.749. The van der Waals surface area contributed by atoms with Gasteiger partial charge in [0.25, 0.3) is 0 Å². The molecule has 0 amide bonds. The summed E-state index contributed by atoms with van der Waals surface area (Å²) in [6.07, 6.45) is 3.32. The quantitative estimate of drug-likeness (QED) is 0.779. The lowest BCUT2D eigenvalue weighted by molar-refractivity contribution is -0.141.